The molecule has 0 radical (unpaired) electrons. The molecule has 36 heavy (non-hydrogen) atoms. The minimum Gasteiger partial charge on any atom is -0.486 e. The number of aliphatic hydroxyl groups excluding tert-OH is 1. The second-order valence-corrected chi connectivity index (χ2v) is 9.93. The number of β-amino-alcohol motifs (C(OH)–C–C–N with tert-alkyl or cyclic N) is 1. The molecule has 2 N–H and O–H groups in total. The van der Waals surface area contributed by atoms with E-state index in [1.807, 2.05) is 12.1 Å². The van der Waals surface area contributed by atoms with Gasteiger partial charge in [0.05, 0.1) is 12.3 Å². The highest BCUT2D eigenvalue weighted by Crippen LogP contribution is 2.28. The molecule has 1 atom stereocenters. The SMILES string of the molecule is O=C(NC[C@H](O)CN1CCc2cc(OCc3cnco3)ccc2C1)c1ccnc(CC2CCCC2)c1. The Kier molecular flexibility index (Phi) is 7.93. The summed E-state index contributed by atoms with van der Waals surface area (Å²) >= 11 is 0. The van der Waals surface area contributed by atoms with Gasteiger partial charge in [0, 0.05) is 43.6 Å². The zero-order chi connectivity index (χ0) is 24.7. The number of nitrogens with one attached hydrogen (secondary N) is 1. The molecular formula is C28H34N4O4. The molecule has 5 rings (SSSR count). The van der Waals surface area contributed by atoms with Crippen molar-refractivity contribution in [3.63, 3.8) is 0 Å². The van der Waals surface area contributed by atoms with Gasteiger partial charge < -0.3 is 19.6 Å². The van der Waals surface area contributed by atoms with Gasteiger partial charge in [-0.3, -0.25) is 14.7 Å². The lowest BCUT2D eigenvalue weighted by molar-refractivity contribution is 0.0841. The molecule has 2 aromatic heterocycles. The monoisotopic (exact) mass is 490 g/mol. The van der Waals surface area contributed by atoms with Gasteiger partial charge in [-0.15, -0.1) is 0 Å². The van der Waals surface area contributed by atoms with E-state index in [0.717, 1.165) is 37.4 Å². The topological polar surface area (TPSA) is 101 Å². The van der Waals surface area contributed by atoms with Crippen molar-refractivity contribution in [3.05, 3.63) is 77.3 Å². The molecule has 2 aliphatic rings. The number of benzene rings is 1. The summed E-state index contributed by atoms with van der Waals surface area (Å²) in [5.74, 6) is 2.02. The highest BCUT2D eigenvalue weighted by Gasteiger charge is 2.21. The van der Waals surface area contributed by atoms with E-state index < -0.39 is 6.10 Å². The van der Waals surface area contributed by atoms with Crippen LogP contribution in [0.3, 0.4) is 0 Å². The van der Waals surface area contributed by atoms with Crippen molar-refractivity contribution in [2.75, 3.05) is 19.6 Å². The summed E-state index contributed by atoms with van der Waals surface area (Å²) in [5.41, 5.74) is 4.08. The molecule has 190 valence electrons. The first kappa shape index (κ1) is 24.5. The molecule has 1 aliphatic carbocycles. The predicted octanol–water partition coefficient (Wildman–Crippen LogP) is 3.53. The average molecular weight is 491 g/mol. The Morgan fingerprint density at radius 3 is 2.94 bits per heavy atom. The van der Waals surface area contributed by atoms with E-state index in [4.69, 9.17) is 9.15 Å². The molecule has 3 heterocycles. The quantitative estimate of drug-likeness (QED) is 0.448. The van der Waals surface area contributed by atoms with Crippen molar-refractivity contribution < 1.29 is 19.1 Å². The third-order valence-corrected chi connectivity index (χ3v) is 7.15. The second kappa shape index (κ2) is 11.7. The first-order chi connectivity index (χ1) is 17.6. The number of amides is 1. The van der Waals surface area contributed by atoms with Crippen LogP contribution in [-0.2, 0) is 26.0 Å². The van der Waals surface area contributed by atoms with Gasteiger partial charge in [0.2, 0.25) is 0 Å². The van der Waals surface area contributed by atoms with Crippen LogP contribution < -0.4 is 10.1 Å². The predicted molar refractivity (Wildman–Crippen MR) is 134 cm³/mol. The van der Waals surface area contributed by atoms with Gasteiger partial charge in [-0.25, -0.2) is 4.98 Å². The maximum atomic E-state index is 12.7. The molecule has 1 amide bonds. The number of carbonyl (C=O) groups is 1. The summed E-state index contributed by atoms with van der Waals surface area (Å²) in [5, 5.41) is 13.5. The Hall–Kier alpha value is -3.23. The summed E-state index contributed by atoms with van der Waals surface area (Å²) < 4.78 is 11.0. The van der Waals surface area contributed by atoms with Gasteiger partial charge in [-0.1, -0.05) is 31.7 Å². The lowest BCUT2D eigenvalue weighted by atomic mass is 9.99. The highest BCUT2D eigenvalue weighted by molar-refractivity contribution is 5.94. The smallest absolute Gasteiger partial charge is 0.251 e. The molecule has 8 nitrogen and oxygen atoms in total. The second-order valence-electron chi connectivity index (χ2n) is 9.93. The van der Waals surface area contributed by atoms with E-state index >= 15 is 0 Å². The van der Waals surface area contributed by atoms with Crippen LogP contribution in [0.25, 0.3) is 0 Å². The van der Waals surface area contributed by atoms with Crippen molar-refractivity contribution in [3.8, 4) is 5.75 Å². The number of aromatic nitrogens is 2. The summed E-state index contributed by atoms with van der Waals surface area (Å²) in [7, 11) is 0. The number of pyridine rings is 1. The summed E-state index contributed by atoms with van der Waals surface area (Å²) in [4.78, 5) is 23.2. The number of ether oxygens (including phenoxy) is 1. The standard InChI is InChI=1S/C28H34N4O4/c33-25(14-31-28(34)22-7-9-30-24(12-22)11-20-3-1-2-4-20)17-32-10-8-21-13-26(6-5-23(21)16-32)35-18-27-15-29-19-36-27/h5-7,9,12-13,15,19-20,25,33H,1-4,8,10-11,14,16-18H2,(H,31,34)/t25-/m0/s1. The third-order valence-electron chi connectivity index (χ3n) is 7.15. The zero-order valence-corrected chi connectivity index (χ0v) is 20.6. The zero-order valence-electron chi connectivity index (χ0n) is 20.6. The summed E-state index contributed by atoms with van der Waals surface area (Å²) in [6, 6.07) is 9.76. The van der Waals surface area contributed by atoms with E-state index in [-0.39, 0.29) is 12.5 Å². The highest BCUT2D eigenvalue weighted by atomic mass is 16.5. The largest absolute Gasteiger partial charge is 0.486 e. The van der Waals surface area contributed by atoms with Crippen LogP contribution in [0.5, 0.6) is 5.75 Å². The van der Waals surface area contributed by atoms with Gasteiger partial charge in [0.25, 0.3) is 5.91 Å². The van der Waals surface area contributed by atoms with Gasteiger partial charge in [-0.2, -0.15) is 0 Å². The Labute approximate surface area is 211 Å². The van der Waals surface area contributed by atoms with Crippen LogP contribution in [0.15, 0.2) is 53.5 Å². The number of fused-ring (bicyclic) bond motifs is 1. The first-order valence-corrected chi connectivity index (χ1v) is 12.9. The number of hydrogen-bond donors (Lipinski definition) is 2. The molecule has 1 saturated carbocycles. The molecule has 0 bridgehead atoms. The minimum atomic E-state index is -0.639. The van der Waals surface area contributed by atoms with Crippen LogP contribution in [0, 0.1) is 5.92 Å². The molecule has 0 spiro atoms. The number of carbonyl (C=O) groups excluding carboxylic acids is 1. The van der Waals surface area contributed by atoms with Gasteiger partial charge in [-0.05, 0) is 54.2 Å². The fraction of sp³-hybridized carbons (Fsp3) is 0.464. The van der Waals surface area contributed by atoms with Gasteiger partial charge in [0.1, 0.15) is 12.4 Å². The Morgan fingerprint density at radius 1 is 1.22 bits per heavy atom. The molecule has 3 aromatic rings. The third kappa shape index (κ3) is 6.50. The number of nitrogens with zero attached hydrogens (tertiary/aromatic N) is 3. The summed E-state index contributed by atoms with van der Waals surface area (Å²) in [6.45, 7) is 2.68. The minimum absolute atomic E-state index is 0.161. The molecule has 1 aromatic carbocycles. The number of rotatable bonds is 10. The Morgan fingerprint density at radius 2 is 2.11 bits per heavy atom. The number of hydrogen-bond acceptors (Lipinski definition) is 7. The molecule has 0 saturated heterocycles. The fourth-order valence-corrected chi connectivity index (χ4v) is 5.22. The van der Waals surface area contributed by atoms with Crippen LogP contribution in [0.4, 0.5) is 0 Å². The molecular weight excluding hydrogens is 456 g/mol. The lowest BCUT2D eigenvalue weighted by Crippen LogP contribution is -2.42. The Bertz CT molecular complexity index is 1140. The van der Waals surface area contributed by atoms with Gasteiger partial charge >= 0.3 is 0 Å². The molecule has 1 fully saturated rings. The lowest BCUT2D eigenvalue weighted by Gasteiger charge is -2.30. The van der Waals surface area contributed by atoms with Crippen molar-refractivity contribution in [1.82, 2.24) is 20.2 Å². The maximum Gasteiger partial charge on any atom is 0.251 e. The van der Waals surface area contributed by atoms with E-state index in [2.05, 4.69) is 32.3 Å². The van der Waals surface area contributed by atoms with E-state index in [1.54, 1.807) is 18.5 Å². The first-order valence-electron chi connectivity index (χ1n) is 12.9. The van der Waals surface area contributed by atoms with E-state index in [9.17, 15) is 9.90 Å². The van der Waals surface area contributed by atoms with Crippen LogP contribution in [-0.4, -0.2) is 51.6 Å². The van der Waals surface area contributed by atoms with Crippen LogP contribution >= 0.6 is 0 Å². The summed E-state index contributed by atoms with van der Waals surface area (Å²) in [6.07, 6.45) is 11.0. The molecule has 8 heteroatoms. The maximum absolute atomic E-state index is 12.7. The average Bonchev–Trinajstić information content (AvgIpc) is 3.61. The van der Waals surface area contributed by atoms with Gasteiger partial charge in [0.15, 0.2) is 12.2 Å². The van der Waals surface area contributed by atoms with Crippen molar-refractivity contribution in [2.24, 2.45) is 5.92 Å². The van der Waals surface area contributed by atoms with Crippen LogP contribution in [0.1, 0.15) is 58.6 Å². The van der Waals surface area contributed by atoms with Crippen LogP contribution in [0.2, 0.25) is 0 Å². The van der Waals surface area contributed by atoms with Crippen molar-refractivity contribution >= 4 is 5.91 Å². The molecule has 0 unspecified atom stereocenters. The fourth-order valence-electron chi connectivity index (χ4n) is 5.22. The van der Waals surface area contributed by atoms with Crippen molar-refractivity contribution in [2.45, 2.75) is 57.8 Å². The normalized spacial score (nSPS) is 17.0. The Balaban J connectivity index is 1.07. The molecule has 1 aliphatic heterocycles. The van der Waals surface area contributed by atoms with E-state index in [0.29, 0.717) is 30.4 Å². The number of aliphatic hydroxyl groups is 1. The van der Waals surface area contributed by atoms with Crippen molar-refractivity contribution in [1.29, 1.82) is 0 Å². The number of oxazole rings is 1. The van der Waals surface area contributed by atoms with E-state index in [1.165, 1.54) is 43.2 Å².